The Hall–Kier alpha value is -3.02. The van der Waals surface area contributed by atoms with Crippen molar-refractivity contribution >= 4 is 17.8 Å². The van der Waals surface area contributed by atoms with Crippen molar-refractivity contribution in [2.24, 2.45) is 5.10 Å². The van der Waals surface area contributed by atoms with E-state index >= 15 is 0 Å². The van der Waals surface area contributed by atoms with E-state index in [0.717, 1.165) is 37.2 Å². The van der Waals surface area contributed by atoms with Crippen molar-refractivity contribution in [3.05, 3.63) is 53.6 Å². The molecule has 0 bridgehead atoms. The minimum absolute atomic E-state index is 0.0279. The molecule has 1 saturated heterocycles. The molecule has 0 radical (unpaired) electrons. The normalized spacial score (nSPS) is 14.1. The highest BCUT2D eigenvalue weighted by Crippen LogP contribution is 2.28. The van der Waals surface area contributed by atoms with Crippen LogP contribution in [0.3, 0.4) is 0 Å². The molecule has 6 heteroatoms. The Bertz CT molecular complexity index is 845. The number of carbonyl (C=O) groups is 1. The third-order valence-corrected chi connectivity index (χ3v) is 4.75. The predicted octanol–water partition coefficient (Wildman–Crippen LogP) is 4.23. The maximum Gasteiger partial charge on any atom is 0.260 e. The molecule has 0 spiro atoms. The number of piperidine rings is 1. The number of hydrazone groups is 1. The van der Waals surface area contributed by atoms with Crippen molar-refractivity contribution < 1.29 is 14.3 Å². The number of carbonyl (C=O) groups excluding carboxylic acids is 1. The van der Waals surface area contributed by atoms with Gasteiger partial charge in [-0.2, -0.15) is 5.10 Å². The van der Waals surface area contributed by atoms with Gasteiger partial charge >= 0.3 is 0 Å². The first kappa shape index (κ1) is 20.7. The SMILES string of the molecule is CCOc1cc(/C=N\Nc2cccc(C)c2)ccc1OCC(=O)N1CCCCC1. The van der Waals surface area contributed by atoms with E-state index in [1.54, 1.807) is 6.21 Å². The van der Waals surface area contributed by atoms with Crippen LogP contribution in [0.25, 0.3) is 0 Å². The fourth-order valence-corrected chi connectivity index (χ4v) is 3.26. The summed E-state index contributed by atoms with van der Waals surface area (Å²) in [4.78, 5) is 14.2. The minimum atomic E-state index is 0.0279. The number of benzene rings is 2. The summed E-state index contributed by atoms with van der Waals surface area (Å²) in [5.41, 5.74) is 6.01. The second-order valence-electron chi connectivity index (χ2n) is 7.11. The molecule has 1 fully saturated rings. The van der Waals surface area contributed by atoms with E-state index in [-0.39, 0.29) is 12.5 Å². The van der Waals surface area contributed by atoms with Crippen molar-refractivity contribution in [3.8, 4) is 11.5 Å². The van der Waals surface area contributed by atoms with Crippen LogP contribution < -0.4 is 14.9 Å². The highest BCUT2D eigenvalue weighted by Gasteiger charge is 2.17. The summed E-state index contributed by atoms with van der Waals surface area (Å²) < 4.78 is 11.5. The van der Waals surface area contributed by atoms with Gasteiger partial charge in [0, 0.05) is 13.1 Å². The molecular formula is C23H29N3O3. The van der Waals surface area contributed by atoms with Crippen LogP contribution in [-0.2, 0) is 4.79 Å². The van der Waals surface area contributed by atoms with Gasteiger partial charge in [-0.05, 0) is 74.6 Å². The van der Waals surface area contributed by atoms with E-state index in [2.05, 4.69) is 10.5 Å². The average Bonchev–Trinajstić information content (AvgIpc) is 2.74. The summed E-state index contributed by atoms with van der Waals surface area (Å²) in [7, 11) is 0. The van der Waals surface area contributed by atoms with E-state index in [0.29, 0.717) is 18.1 Å². The number of aryl methyl sites for hydroxylation is 1. The Labute approximate surface area is 172 Å². The molecule has 154 valence electrons. The zero-order valence-electron chi connectivity index (χ0n) is 17.2. The maximum absolute atomic E-state index is 12.3. The molecule has 1 aliphatic rings. The molecule has 0 aliphatic carbocycles. The molecule has 0 aromatic heterocycles. The molecule has 1 heterocycles. The molecule has 1 N–H and O–H groups in total. The van der Waals surface area contributed by atoms with Crippen LogP contribution in [0.1, 0.15) is 37.3 Å². The van der Waals surface area contributed by atoms with Crippen molar-refractivity contribution in [2.75, 3.05) is 31.7 Å². The molecule has 29 heavy (non-hydrogen) atoms. The molecule has 0 saturated carbocycles. The zero-order valence-corrected chi connectivity index (χ0v) is 17.2. The van der Waals surface area contributed by atoms with Gasteiger partial charge < -0.3 is 14.4 Å². The Morgan fingerprint density at radius 3 is 2.69 bits per heavy atom. The van der Waals surface area contributed by atoms with Crippen molar-refractivity contribution in [1.29, 1.82) is 0 Å². The van der Waals surface area contributed by atoms with Crippen LogP contribution in [-0.4, -0.2) is 43.3 Å². The minimum Gasteiger partial charge on any atom is -0.490 e. The summed E-state index contributed by atoms with van der Waals surface area (Å²) in [6.45, 7) is 6.15. The number of rotatable bonds is 8. The van der Waals surface area contributed by atoms with E-state index < -0.39 is 0 Å². The molecule has 2 aromatic carbocycles. The fourth-order valence-electron chi connectivity index (χ4n) is 3.26. The number of hydrogen-bond donors (Lipinski definition) is 1. The number of amides is 1. The van der Waals surface area contributed by atoms with Crippen LogP contribution >= 0.6 is 0 Å². The van der Waals surface area contributed by atoms with Gasteiger partial charge in [-0.3, -0.25) is 10.2 Å². The van der Waals surface area contributed by atoms with E-state index in [9.17, 15) is 4.79 Å². The highest BCUT2D eigenvalue weighted by atomic mass is 16.5. The van der Waals surface area contributed by atoms with Crippen LogP contribution in [0.4, 0.5) is 5.69 Å². The summed E-state index contributed by atoms with van der Waals surface area (Å²) >= 11 is 0. The van der Waals surface area contributed by atoms with Crippen LogP contribution in [0.15, 0.2) is 47.6 Å². The van der Waals surface area contributed by atoms with Gasteiger partial charge in [0.2, 0.25) is 0 Å². The number of hydrogen-bond acceptors (Lipinski definition) is 5. The summed E-state index contributed by atoms with van der Waals surface area (Å²) in [5.74, 6) is 1.21. The molecular weight excluding hydrogens is 366 g/mol. The zero-order chi connectivity index (χ0) is 20.5. The lowest BCUT2D eigenvalue weighted by atomic mass is 10.1. The van der Waals surface area contributed by atoms with Gasteiger partial charge in [0.25, 0.3) is 5.91 Å². The van der Waals surface area contributed by atoms with Crippen molar-refractivity contribution in [1.82, 2.24) is 4.90 Å². The summed E-state index contributed by atoms with van der Waals surface area (Å²) in [6, 6.07) is 13.6. The van der Waals surface area contributed by atoms with Crippen LogP contribution in [0.5, 0.6) is 11.5 Å². The topological polar surface area (TPSA) is 63.2 Å². The molecule has 1 amide bonds. The lowest BCUT2D eigenvalue weighted by Crippen LogP contribution is -2.38. The van der Waals surface area contributed by atoms with Gasteiger partial charge in [0.1, 0.15) is 0 Å². The number of ether oxygens (including phenoxy) is 2. The maximum atomic E-state index is 12.3. The van der Waals surface area contributed by atoms with Gasteiger partial charge in [0.15, 0.2) is 18.1 Å². The molecule has 6 nitrogen and oxygen atoms in total. The van der Waals surface area contributed by atoms with E-state index in [1.165, 1.54) is 12.0 Å². The number of anilines is 1. The number of nitrogens with zero attached hydrogens (tertiary/aromatic N) is 2. The fraction of sp³-hybridized carbons (Fsp3) is 0.391. The smallest absolute Gasteiger partial charge is 0.260 e. The molecule has 1 aliphatic heterocycles. The quantitative estimate of drug-likeness (QED) is 0.537. The third-order valence-electron chi connectivity index (χ3n) is 4.75. The standard InChI is InChI=1S/C23H29N3O3/c1-3-28-22-15-19(16-24-25-20-9-7-8-18(2)14-20)10-11-21(22)29-17-23(27)26-12-5-4-6-13-26/h7-11,14-16,25H,3-6,12-13,17H2,1-2H3/b24-16-. The van der Waals surface area contributed by atoms with Crippen molar-refractivity contribution in [2.45, 2.75) is 33.1 Å². The van der Waals surface area contributed by atoms with Crippen LogP contribution in [0.2, 0.25) is 0 Å². The monoisotopic (exact) mass is 395 g/mol. The largest absolute Gasteiger partial charge is 0.490 e. The third kappa shape index (κ3) is 6.24. The van der Waals surface area contributed by atoms with Gasteiger partial charge in [-0.15, -0.1) is 0 Å². The molecule has 2 aromatic rings. The first-order valence-corrected chi connectivity index (χ1v) is 10.2. The summed E-state index contributed by atoms with van der Waals surface area (Å²) in [5, 5.41) is 4.29. The predicted molar refractivity (Wildman–Crippen MR) is 116 cm³/mol. The average molecular weight is 396 g/mol. The Balaban J connectivity index is 1.61. The molecule has 3 rings (SSSR count). The number of nitrogens with one attached hydrogen (secondary N) is 1. The second-order valence-corrected chi connectivity index (χ2v) is 7.11. The van der Waals surface area contributed by atoms with Crippen molar-refractivity contribution in [3.63, 3.8) is 0 Å². The Kier molecular flexibility index (Phi) is 7.50. The van der Waals surface area contributed by atoms with Gasteiger partial charge in [-0.1, -0.05) is 12.1 Å². The first-order chi connectivity index (χ1) is 14.2. The van der Waals surface area contributed by atoms with Crippen LogP contribution in [0, 0.1) is 6.92 Å². The number of likely N-dealkylation sites (tertiary alicyclic amines) is 1. The van der Waals surface area contributed by atoms with E-state index in [1.807, 2.05) is 61.2 Å². The Morgan fingerprint density at radius 1 is 1.10 bits per heavy atom. The molecule has 0 atom stereocenters. The summed E-state index contributed by atoms with van der Waals surface area (Å²) in [6.07, 6.45) is 5.06. The highest BCUT2D eigenvalue weighted by molar-refractivity contribution is 5.82. The lowest BCUT2D eigenvalue weighted by molar-refractivity contribution is -0.134. The van der Waals surface area contributed by atoms with Gasteiger partial charge in [0.05, 0.1) is 18.5 Å². The first-order valence-electron chi connectivity index (χ1n) is 10.2. The lowest BCUT2D eigenvalue weighted by Gasteiger charge is -2.26. The van der Waals surface area contributed by atoms with Gasteiger partial charge in [-0.25, -0.2) is 0 Å². The van der Waals surface area contributed by atoms with E-state index in [4.69, 9.17) is 9.47 Å². The Morgan fingerprint density at radius 2 is 1.93 bits per heavy atom. The molecule has 0 unspecified atom stereocenters. The second kappa shape index (κ2) is 10.5.